The molecule has 0 bridgehead atoms. The number of aryl methyl sites for hydroxylation is 1. The number of nitrogens with zero attached hydrogens (tertiary/aromatic N) is 2. The van der Waals surface area contributed by atoms with Crippen LogP contribution in [0.5, 0.6) is 5.75 Å². The normalized spacial score (nSPS) is 16.4. The van der Waals surface area contributed by atoms with Crippen LogP contribution in [0.4, 0.5) is 10.1 Å². The predicted octanol–water partition coefficient (Wildman–Crippen LogP) is 4.50. The number of nitrogens with one attached hydrogen (secondary N) is 1. The van der Waals surface area contributed by atoms with Crippen LogP contribution in [0, 0.1) is 5.82 Å². The Morgan fingerprint density at radius 3 is 2.65 bits per heavy atom. The van der Waals surface area contributed by atoms with Gasteiger partial charge in [0.25, 0.3) is 0 Å². The minimum Gasteiger partial charge on any atom is -0.497 e. The molecule has 1 saturated heterocycles. The second-order valence-corrected chi connectivity index (χ2v) is 8.36. The smallest absolute Gasteiger partial charge is 0.222 e. The highest BCUT2D eigenvalue weighted by Gasteiger charge is 2.42. The Hall–Kier alpha value is -3.28. The lowest BCUT2D eigenvalue weighted by atomic mass is 9.82. The maximum Gasteiger partial charge on any atom is 0.222 e. The molecule has 1 N–H and O–H groups in total. The number of aromatic nitrogens is 1. The third-order valence-corrected chi connectivity index (χ3v) is 6.59. The van der Waals surface area contributed by atoms with Gasteiger partial charge in [-0.3, -0.25) is 4.79 Å². The number of carbonyl (C=O) groups excluding carboxylic acids is 1. The minimum atomic E-state index is -0.281. The minimum absolute atomic E-state index is 0.184. The number of hydrogen-bond donors (Lipinski definition) is 1. The zero-order valence-electron chi connectivity index (χ0n) is 17.6. The number of likely N-dealkylation sites (tertiary alicyclic amines) is 1. The van der Waals surface area contributed by atoms with Gasteiger partial charge in [-0.2, -0.15) is 0 Å². The molecule has 160 valence electrons. The van der Waals surface area contributed by atoms with E-state index in [4.69, 9.17) is 4.74 Å². The summed E-state index contributed by atoms with van der Waals surface area (Å²) in [4.78, 5) is 14.8. The van der Waals surface area contributed by atoms with Crippen molar-refractivity contribution in [2.75, 3.05) is 25.5 Å². The van der Waals surface area contributed by atoms with Crippen LogP contribution in [0.3, 0.4) is 0 Å². The molecule has 0 radical (unpaired) electrons. The summed E-state index contributed by atoms with van der Waals surface area (Å²) in [6.45, 7) is 1.37. The van der Waals surface area contributed by atoms with E-state index < -0.39 is 0 Å². The fourth-order valence-electron chi connectivity index (χ4n) is 4.84. The molecule has 1 amide bonds. The van der Waals surface area contributed by atoms with E-state index in [2.05, 4.69) is 16.0 Å². The number of rotatable bonds is 4. The molecule has 1 fully saturated rings. The van der Waals surface area contributed by atoms with Crippen LogP contribution in [-0.2, 0) is 16.8 Å². The average molecular weight is 420 g/mol. The van der Waals surface area contributed by atoms with Crippen molar-refractivity contribution in [1.29, 1.82) is 0 Å². The molecule has 6 heteroatoms. The number of piperidine rings is 1. The standard InChI is InChI=1S/C25H26FN3O2/c1-31-20-8-4-18(5-9-20)6-11-24(30)28-15-12-25(13-16-28)23-3-2-14-29(23)22-10-7-19(26)17-21(22)27-25/h2-5,7-10,14,17,27H,6,11-13,15-16H2,1H3. The van der Waals surface area contributed by atoms with E-state index in [0.717, 1.165) is 42.0 Å². The lowest BCUT2D eigenvalue weighted by molar-refractivity contribution is -0.132. The van der Waals surface area contributed by atoms with Gasteiger partial charge in [0.05, 0.1) is 24.0 Å². The van der Waals surface area contributed by atoms with Crippen LogP contribution in [0.15, 0.2) is 60.8 Å². The Bertz CT molecular complexity index is 1100. The largest absolute Gasteiger partial charge is 0.497 e. The summed E-state index contributed by atoms with van der Waals surface area (Å²) in [5.74, 6) is 0.758. The Labute approximate surface area is 181 Å². The number of hydrogen-bond acceptors (Lipinski definition) is 3. The summed E-state index contributed by atoms with van der Waals surface area (Å²) >= 11 is 0. The summed E-state index contributed by atoms with van der Waals surface area (Å²) in [5.41, 5.74) is 3.80. The molecule has 2 aromatic carbocycles. The molecule has 2 aliphatic heterocycles. The van der Waals surface area contributed by atoms with Gasteiger partial charge in [0, 0.05) is 31.4 Å². The molecule has 5 nitrogen and oxygen atoms in total. The number of fused-ring (bicyclic) bond motifs is 4. The van der Waals surface area contributed by atoms with Gasteiger partial charge in [-0.05, 0) is 67.3 Å². The van der Waals surface area contributed by atoms with Gasteiger partial charge < -0.3 is 19.5 Å². The first-order valence-electron chi connectivity index (χ1n) is 10.7. The van der Waals surface area contributed by atoms with Crippen LogP contribution in [0.1, 0.15) is 30.5 Å². The van der Waals surface area contributed by atoms with E-state index in [1.54, 1.807) is 13.2 Å². The van der Waals surface area contributed by atoms with E-state index >= 15 is 0 Å². The topological polar surface area (TPSA) is 46.5 Å². The highest BCUT2D eigenvalue weighted by atomic mass is 19.1. The number of halogens is 1. The molecule has 2 aliphatic rings. The number of carbonyl (C=O) groups is 1. The highest BCUT2D eigenvalue weighted by molar-refractivity contribution is 5.77. The molecular formula is C25H26FN3O2. The molecule has 0 unspecified atom stereocenters. The number of methoxy groups -OCH3 is 1. The average Bonchev–Trinajstić information content (AvgIpc) is 3.29. The van der Waals surface area contributed by atoms with Gasteiger partial charge in [0.15, 0.2) is 0 Å². The van der Waals surface area contributed by atoms with E-state index in [1.165, 1.54) is 11.8 Å². The maximum atomic E-state index is 13.9. The first-order chi connectivity index (χ1) is 15.1. The monoisotopic (exact) mass is 419 g/mol. The van der Waals surface area contributed by atoms with Gasteiger partial charge in [0.2, 0.25) is 5.91 Å². The third kappa shape index (κ3) is 3.56. The van der Waals surface area contributed by atoms with Crippen molar-refractivity contribution in [1.82, 2.24) is 9.47 Å². The fraction of sp³-hybridized carbons (Fsp3) is 0.320. The van der Waals surface area contributed by atoms with Crippen molar-refractivity contribution in [3.8, 4) is 11.4 Å². The molecular weight excluding hydrogens is 393 g/mol. The molecule has 3 heterocycles. The quantitative estimate of drug-likeness (QED) is 0.677. The van der Waals surface area contributed by atoms with Crippen molar-refractivity contribution in [2.24, 2.45) is 0 Å². The zero-order valence-corrected chi connectivity index (χ0v) is 17.6. The van der Waals surface area contributed by atoms with Gasteiger partial charge in [-0.1, -0.05) is 12.1 Å². The summed E-state index contributed by atoms with van der Waals surface area (Å²) in [6, 6.07) is 16.9. The first-order valence-corrected chi connectivity index (χ1v) is 10.7. The number of anilines is 1. The number of ether oxygens (including phenoxy) is 1. The van der Waals surface area contributed by atoms with Crippen LogP contribution in [0.25, 0.3) is 5.69 Å². The van der Waals surface area contributed by atoms with Gasteiger partial charge in [-0.15, -0.1) is 0 Å². The SMILES string of the molecule is COc1ccc(CCC(=O)N2CCC3(CC2)Nc2cc(F)ccc2-n2cccc23)cc1. The fourth-order valence-corrected chi connectivity index (χ4v) is 4.84. The van der Waals surface area contributed by atoms with Crippen LogP contribution in [0.2, 0.25) is 0 Å². The molecule has 0 atom stereocenters. The van der Waals surface area contributed by atoms with Crippen LogP contribution in [-0.4, -0.2) is 35.6 Å². The molecule has 0 aliphatic carbocycles. The number of amides is 1. The summed E-state index contributed by atoms with van der Waals surface area (Å²) in [7, 11) is 1.65. The second kappa shape index (κ2) is 7.76. The second-order valence-electron chi connectivity index (χ2n) is 8.36. The zero-order chi connectivity index (χ0) is 21.4. The Kier molecular flexibility index (Phi) is 4.93. The molecule has 5 rings (SSSR count). The lowest BCUT2D eigenvalue weighted by Gasteiger charge is -2.46. The van der Waals surface area contributed by atoms with Crippen molar-refractivity contribution in [3.63, 3.8) is 0 Å². The molecule has 31 heavy (non-hydrogen) atoms. The summed E-state index contributed by atoms with van der Waals surface area (Å²) < 4.78 is 21.2. The van der Waals surface area contributed by atoms with Crippen LogP contribution >= 0.6 is 0 Å². The number of benzene rings is 2. The van der Waals surface area contributed by atoms with Gasteiger partial charge >= 0.3 is 0 Å². The van der Waals surface area contributed by atoms with E-state index in [-0.39, 0.29) is 17.3 Å². The Morgan fingerprint density at radius 2 is 1.90 bits per heavy atom. The van der Waals surface area contributed by atoms with E-state index in [9.17, 15) is 9.18 Å². The first kappa shape index (κ1) is 19.7. The van der Waals surface area contributed by atoms with E-state index in [1.807, 2.05) is 47.5 Å². The molecule has 1 spiro atoms. The molecule has 0 saturated carbocycles. The van der Waals surface area contributed by atoms with Crippen molar-refractivity contribution in [2.45, 2.75) is 31.2 Å². The van der Waals surface area contributed by atoms with Crippen molar-refractivity contribution in [3.05, 3.63) is 77.9 Å². The molecule has 1 aromatic heterocycles. The predicted molar refractivity (Wildman–Crippen MR) is 118 cm³/mol. The summed E-state index contributed by atoms with van der Waals surface area (Å²) in [6.07, 6.45) is 4.83. The van der Waals surface area contributed by atoms with Crippen molar-refractivity contribution >= 4 is 11.6 Å². The summed E-state index contributed by atoms with van der Waals surface area (Å²) in [5, 5.41) is 3.61. The van der Waals surface area contributed by atoms with Crippen LogP contribution < -0.4 is 10.1 Å². The maximum absolute atomic E-state index is 13.9. The Morgan fingerprint density at radius 1 is 1.13 bits per heavy atom. The van der Waals surface area contributed by atoms with E-state index in [0.29, 0.717) is 19.5 Å². The van der Waals surface area contributed by atoms with Gasteiger partial charge in [-0.25, -0.2) is 4.39 Å². The Balaban J connectivity index is 1.26. The van der Waals surface area contributed by atoms with Gasteiger partial charge in [0.1, 0.15) is 11.6 Å². The molecule has 3 aromatic rings. The lowest BCUT2D eigenvalue weighted by Crippen LogP contribution is -2.51. The van der Waals surface area contributed by atoms with Crippen molar-refractivity contribution < 1.29 is 13.9 Å². The highest BCUT2D eigenvalue weighted by Crippen LogP contribution is 2.43. The third-order valence-electron chi connectivity index (χ3n) is 6.59.